The summed E-state index contributed by atoms with van der Waals surface area (Å²) in [5.74, 6) is 0. The highest BCUT2D eigenvalue weighted by Crippen LogP contribution is 2.35. The Hall–Kier alpha value is -5.40. The number of benzene rings is 6. The molecule has 0 N–H and O–H groups in total. The molecule has 0 heterocycles. The summed E-state index contributed by atoms with van der Waals surface area (Å²) in [4.78, 5) is 2.36. The highest BCUT2D eigenvalue weighted by atomic mass is 15.1. The third-order valence-electron chi connectivity index (χ3n) is 8.64. The molecule has 6 rings (SSSR count). The van der Waals surface area contributed by atoms with Gasteiger partial charge in [-0.05, 0) is 93.8 Å². The van der Waals surface area contributed by atoms with E-state index >= 15 is 0 Å². The predicted octanol–water partition coefficient (Wildman–Crippen LogP) is 11.7. The Morgan fingerprint density at radius 2 is 0.978 bits per heavy atom. The molecule has 0 saturated carbocycles. The Morgan fingerprint density at radius 1 is 0.533 bits per heavy atom. The van der Waals surface area contributed by atoms with Crippen molar-refractivity contribution in [1.29, 1.82) is 0 Å². The van der Waals surface area contributed by atoms with Gasteiger partial charge >= 0.3 is 0 Å². The minimum absolute atomic E-state index is 0.145. The van der Waals surface area contributed by atoms with Crippen LogP contribution in [0.1, 0.15) is 35.2 Å². The number of hydrogen-bond acceptors (Lipinski definition) is 1. The van der Waals surface area contributed by atoms with Crippen molar-refractivity contribution in [3.63, 3.8) is 0 Å². The van der Waals surface area contributed by atoms with Gasteiger partial charge < -0.3 is 4.90 Å². The quantitative estimate of drug-likeness (QED) is 0.154. The second-order valence-corrected chi connectivity index (χ2v) is 11.7. The number of nitrogens with zero attached hydrogens (tertiary/aromatic N) is 1. The minimum atomic E-state index is 0.145. The minimum Gasteiger partial charge on any atom is -0.367 e. The van der Waals surface area contributed by atoms with Crippen LogP contribution in [0.5, 0.6) is 0 Å². The lowest BCUT2D eigenvalue weighted by molar-refractivity contribution is 0.381. The van der Waals surface area contributed by atoms with E-state index in [0.29, 0.717) is 0 Å². The van der Waals surface area contributed by atoms with Crippen molar-refractivity contribution < 1.29 is 0 Å². The van der Waals surface area contributed by atoms with Crippen molar-refractivity contribution in [3.8, 4) is 33.4 Å². The molecule has 0 radical (unpaired) electrons. The Bertz CT molecular complexity index is 1840. The largest absolute Gasteiger partial charge is 0.367 e. The third kappa shape index (κ3) is 6.89. The molecule has 0 aliphatic carbocycles. The summed E-state index contributed by atoms with van der Waals surface area (Å²) >= 11 is 0. The zero-order valence-electron chi connectivity index (χ0n) is 26.3. The molecule has 0 amide bonds. The van der Waals surface area contributed by atoms with Crippen LogP contribution in [-0.4, -0.2) is 11.9 Å². The van der Waals surface area contributed by atoms with Crippen LogP contribution >= 0.6 is 0 Å². The molecule has 0 saturated heterocycles. The SMILES string of the molecule is C=C(/C=C(/c1ccccc1)N(C)C(C)c1ccc(-c2ccc(C)cc2)cc1)c1cc(-c2ccccc2)cc(-c2ccccc2)c1. The average molecular weight is 582 g/mol. The summed E-state index contributed by atoms with van der Waals surface area (Å²) in [5.41, 5.74) is 14.1. The summed E-state index contributed by atoms with van der Waals surface area (Å²) in [5, 5.41) is 0. The van der Waals surface area contributed by atoms with Gasteiger partial charge in [-0.25, -0.2) is 0 Å². The summed E-state index contributed by atoms with van der Waals surface area (Å²) in [6.45, 7) is 9.01. The van der Waals surface area contributed by atoms with Gasteiger partial charge in [0.2, 0.25) is 0 Å². The van der Waals surface area contributed by atoms with Crippen LogP contribution in [0.4, 0.5) is 0 Å². The molecular formula is C44H39N. The highest BCUT2D eigenvalue weighted by molar-refractivity contribution is 5.86. The first-order valence-corrected chi connectivity index (χ1v) is 15.6. The molecule has 0 spiro atoms. The average Bonchev–Trinajstić information content (AvgIpc) is 3.11. The Balaban J connectivity index is 1.36. The van der Waals surface area contributed by atoms with Gasteiger partial charge in [0, 0.05) is 12.7 Å². The maximum absolute atomic E-state index is 4.62. The summed E-state index contributed by atoms with van der Waals surface area (Å²) in [7, 11) is 2.18. The molecule has 1 nitrogen and oxygen atoms in total. The van der Waals surface area contributed by atoms with E-state index in [1.807, 2.05) is 0 Å². The van der Waals surface area contributed by atoms with Gasteiger partial charge in [-0.15, -0.1) is 0 Å². The summed E-state index contributed by atoms with van der Waals surface area (Å²) < 4.78 is 0. The van der Waals surface area contributed by atoms with Crippen molar-refractivity contribution in [2.24, 2.45) is 0 Å². The van der Waals surface area contributed by atoms with Gasteiger partial charge in [0.25, 0.3) is 0 Å². The van der Waals surface area contributed by atoms with E-state index in [1.165, 1.54) is 44.5 Å². The molecule has 0 bridgehead atoms. The fraction of sp³-hybridized carbons (Fsp3) is 0.0909. The van der Waals surface area contributed by atoms with Gasteiger partial charge in [-0.3, -0.25) is 0 Å². The molecule has 0 aliphatic heterocycles. The lowest BCUT2D eigenvalue weighted by Crippen LogP contribution is -2.21. The second kappa shape index (κ2) is 13.5. The van der Waals surface area contributed by atoms with Crippen molar-refractivity contribution in [2.75, 3.05) is 7.05 Å². The van der Waals surface area contributed by atoms with Crippen molar-refractivity contribution in [3.05, 3.63) is 193 Å². The fourth-order valence-electron chi connectivity index (χ4n) is 5.79. The summed E-state index contributed by atoms with van der Waals surface area (Å²) in [6, 6.07) is 56.4. The molecular weight excluding hydrogens is 542 g/mol. The molecule has 0 aromatic heterocycles. The first kappa shape index (κ1) is 29.7. The molecule has 220 valence electrons. The monoisotopic (exact) mass is 581 g/mol. The number of rotatable bonds is 9. The maximum Gasteiger partial charge on any atom is 0.0511 e. The normalized spacial score (nSPS) is 12.0. The molecule has 0 aliphatic rings. The Labute approximate surface area is 268 Å². The van der Waals surface area contributed by atoms with Crippen LogP contribution in [0.3, 0.4) is 0 Å². The second-order valence-electron chi connectivity index (χ2n) is 11.7. The lowest BCUT2D eigenvalue weighted by atomic mass is 9.93. The van der Waals surface area contributed by atoms with Gasteiger partial charge in [0.05, 0.1) is 6.04 Å². The highest BCUT2D eigenvalue weighted by Gasteiger charge is 2.17. The Kier molecular flexibility index (Phi) is 8.89. The molecule has 0 fully saturated rings. The van der Waals surface area contributed by atoms with Crippen LogP contribution in [-0.2, 0) is 0 Å². The predicted molar refractivity (Wildman–Crippen MR) is 194 cm³/mol. The van der Waals surface area contributed by atoms with Gasteiger partial charge in [-0.2, -0.15) is 0 Å². The van der Waals surface area contributed by atoms with Crippen molar-refractivity contribution >= 4 is 11.3 Å². The summed E-state index contributed by atoms with van der Waals surface area (Å²) in [6.07, 6.45) is 2.24. The number of allylic oxidation sites excluding steroid dienone is 2. The standard InChI is InChI=1S/C44H39N/c1-32-20-22-38(23-21-32)39-26-24-35(25-27-39)34(3)45(4)44(40-18-12-7-13-19-40)28-33(2)41-29-42(36-14-8-5-9-15-36)31-43(30-41)37-16-10-6-11-17-37/h5-31,34H,2H2,1,3-4H3/b44-28-. The van der Waals surface area contributed by atoms with Gasteiger partial charge in [0.15, 0.2) is 0 Å². The molecule has 1 unspecified atom stereocenters. The van der Waals surface area contributed by atoms with Crippen LogP contribution < -0.4 is 0 Å². The molecule has 1 heteroatoms. The molecule has 6 aromatic carbocycles. The zero-order valence-corrected chi connectivity index (χ0v) is 26.3. The molecule has 45 heavy (non-hydrogen) atoms. The van der Waals surface area contributed by atoms with Gasteiger partial charge in [0.1, 0.15) is 0 Å². The topological polar surface area (TPSA) is 3.24 Å². The van der Waals surface area contributed by atoms with Crippen LogP contribution in [0, 0.1) is 6.92 Å². The van der Waals surface area contributed by atoms with E-state index < -0.39 is 0 Å². The third-order valence-corrected chi connectivity index (χ3v) is 8.64. The first-order valence-electron chi connectivity index (χ1n) is 15.6. The Morgan fingerprint density at radius 3 is 1.49 bits per heavy atom. The van der Waals surface area contributed by atoms with Gasteiger partial charge in [-0.1, -0.05) is 152 Å². The van der Waals surface area contributed by atoms with Crippen LogP contribution in [0.15, 0.2) is 170 Å². The van der Waals surface area contributed by atoms with E-state index in [9.17, 15) is 0 Å². The number of hydrogen-bond donors (Lipinski definition) is 0. The van der Waals surface area contributed by atoms with E-state index in [0.717, 1.165) is 22.4 Å². The molecule has 6 aromatic rings. The van der Waals surface area contributed by atoms with E-state index in [1.54, 1.807) is 0 Å². The fourth-order valence-corrected chi connectivity index (χ4v) is 5.79. The van der Waals surface area contributed by atoms with E-state index in [-0.39, 0.29) is 6.04 Å². The number of aryl methyl sites for hydroxylation is 1. The zero-order chi connectivity index (χ0) is 31.2. The lowest BCUT2D eigenvalue weighted by Gasteiger charge is -2.31. The smallest absolute Gasteiger partial charge is 0.0511 e. The van der Waals surface area contributed by atoms with E-state index in [2.05, 4.69) is 196 Å². The first-order chi connectivity index (χ1) is 22.0. The van der Waals surface area contributed by atoms with E-state index in [4.69, 9.17) is 0 Å². The maximum atomic E-state index is 4.62. The van der Waals surface area contributed by atoms with Crippen LogP contribution in [0.25, 0.3) is 44.7 Å². The van der Waals surface area contributed by atoms with Crippen LogP contribution in [0.2, 0.25) is 0 Å². The molecule has 1 atom stereocenters. The van der Waals surface area contributed by atoms with Crippen molar-refractivity contribution in [2.45, 2.75) is 19.9 Å². The van der Waals surface area contributed by atoms with Crippen molar-refractivity contribution in [1.82, 2.24) is 4.90 Å².